The van der Waals surface area contributed by atoms with E-state index in [2.05, 4.69) is 4.98 Å². The molecule has 5 nitrogen and oxygen atoms in total. The summed E-state index contributed by atoms with van der Waals surface area (Å²) in [6.45, 7) is 0. The summed E-state index contributed by atoms with van der Waals surface area (Å²) in [5.41, 5.74) is -3.08. The fraction of sp³-hybridized carbons (Fsp3) is 0.143. The highest BCUT2D eigenvalue weighted by Gasteiger charge is 2.32. The second kappa shape index (κ2) is 4.67. The number of pyridine rings is 1. The van der Waals surface area contributed by atoms with Crippen LogP contribution in [0.3, 0.4) is 0 Å². The summed E-state index contributed by atoms with van der Waals surface area (Å²) in [6.07, 6.45) is -2.49. The summed E-state index contributed by atoms with van der Waals surface area (Å²) in [5, 5.41) is 8.83. The molecule has 0 atom stereocenters. The van der Waals surface area contributed by atoms with E-state index in [-0.39, 0.29) is 0 Å². The van der Waals surface area contributed by atoms with Crippen molar-refractivity contribution >= 4 is 34.1 Å². The SMILES string of the molecule is O=C(Cl)c1c(Cl)cnc(C(F)F)c1[N+](=O)[O-]. The second-order valence-electron chi connectivity index (χ2n) is 2.55. The number of carbonyl (C=O) groups is 1. The van der Waals surface area contributed by atoms with Crippen LogP contribution in [-0.2, 0) is 0 Å². The van der Waals surface area contributed by atoms with Crippen molar-refractivity contribution in [2.75, 3.05) is 0 Å². The average Bonchev–Trinajstić information content (AvgIpc) is 2.15. The molecule has 86 valence electrons. The third kappa shape index (κ3) is 2.25. The summed E-state index contributed by atoms with van der Waals surface area (Å²) in [7, 11) is 0. The number of hydrogen-bond donors (Lipinski definition) is 0. The Labute approximate surface area is 97.1 Å². The lowest BCUT2D eigenvalue weighted by Crippen LogP contribution is -2.06. The average molecular weight is 271 g/mol. The molecule has 0 aliphatic carbocycles. The van der Waals surface area contributed by atoms with Crippen LogP contribution in [0, 0.1) is 10.1 Å². The van der Waals surface area contributed by atoms with Crippen LogP contribution in [-0.4, -0.2) is 15.1 Å². The first-order chi connectivity index (χ1) is 7.36. The number of aromatic nitrogens is 1. The monoisotopic (exact) mass is 270 g/mol. The lowest BCUT2D eigenvalue weighted by atomic mass is 10.2. The van der Waals surface area contributed by atoms with Crippen LogP contribution in [0.15, 0.2) is 6.20 Å². The number of hydrogen-bond acceptors (Lipinski definition) is 4. The van der Waals surface area contributed by atoms with E-state index < -0.39 is 38.6 Å². The molecule has 0 amide bonds. The van der Waals surface area contributed by atoms with E-state index >= 15 is 0 Å². The van der Waals surface area contributed by atoms with Gasteiger partial charge in [0.1, 0.15) is 5.56 Å². The van der Waals surface area contributed by atoms with E-state index in [1.807, 2.05) is 0 Å². The maximum absolute atomic E-state index is 12.4. The summed E-state index contributed by atoms with van der Waals surface area (Å²) in [4.78, 5) is 23.4. The molecule has 0 aromatic carbocycles. The fourth-order valence-corrected chi connectivity index (χ4v) is 1.49. The minimum absolute atomic E-state index is 0.448. The Morgan fingerprint density at radius 3 is 2.50 bits per heavy atom. The highest BCUT2D eigenvalue weighted by atomic mass is 35.5. The zero-order valence-electron chi connectivity index (χ0n) is 7.29. The zero-order valence-corrected chi connectivity index (χ0v) is 8.80. The summed E-state index contributed by atoms with van der Waals surface area (Å²) < 4.78 is 24.8. The van der Waals surface area contributed by atoms with E-state index in [9.17, 15) is 23.7 Å². The third-order valence-corrected chi connectivity index (χ3v) is 2.10. The molecule has 0 radical (unpaired) electrons. The van der Waals surface area contributed by atoms with Gasteiger partial charge in [0.2, 0.25) is 0 Å². The normalized spacial score (nSPS) is 10.6. The molecular weight excluding hydrogens is 269 g/mol. The van der Waals surface area contributed by atoms with Crippen molar-refractivity contribution in [2.24, 2.45) is 0 Å². The van der Waals surface area contributed by atoms with Gasteiger partial charge >= 0.3 is 5.69 Å². The molecule has 1 rings (SSSR count). The topological polar surface area (TPSA) is 73.1 Å². The first-order valence-electron chi connectivity index (χ1n) is 3.67. The molecule has 0 bridgehead atoms. The van der Waals surface area contributed by atoms with Crippen molar-refractivity contribution in [1.29, 1.82) is 0 Å². The lowest BCUT2D eigenvalue weighted by Gasteiger charge is -2.04. The van der Waals surface area contributed by atoms with Crippen molar-refractivity contribution in [3.05, 3.63) is 32.6 Å². The Morgan fingerprint density at radius 2 is 2.12 bits per heavy atom. The summed E-state index contributed by atoms with van der Waals surface area (Å²) in [6, 6.07) is 0. The molecule has 9 heteroatoms. The van der Waals surface area contributed by atoms with Gasteiger partial charge in [-0.15, -0.1) is 0 Å². The standard InChI is InChI=1S/C7H2Cl2F2N2O3/c8-2-1-12-4(7(10)11)5(13(15)16)3(2)6(9)14/h1,7H. The first kappa shape index (κ1) is 12.7. The Hall–Kier alpha value is -1.34. The molecule has 0 saturated carbocycles. The van der Waals surface area contributed by atoms with Crippen LogP contribution in [0.5, 0.6) is 0 Å². The molecule has 0 aliphatic heterocycles. The molecule has 0 spiro atoms. The molecule has 0 unspecified atom stereocenters. The van der Waals surface area contributed by atoms with Gasteiger partial charge in [-0.2, -0.15) is 0 Å². The van der Waals surface area contributed by atoms with Gasteiger partial charge in [0.25, 0.3) is 11.7 Å². The molecule has 1 heterocycles. The molecule has 0 saturated heterocycles. The predicted octanol–water partition coefficient (Wildman–Crippen LogP) is 2.96. The third-order valence-electron chi connectivity index (χ3n) is 1.62. The van der Waals surface area contributed by atoms with Gasteiger partial charge < -0.3 is 0 Å². The van der Waals surface area contributed by atoms with Crippen LogP contribution in [0.1, 0.15) is 22.5 Å². The van der Waals surface area contributed by atoms with Crippen molar-refractivity contribution in [3.8, 4) is 0 Å². The molecule has 16 heavy (non-hydrogen) atoms. The van der Waals surface area contributed by atoms with Crippen LogP contribution in [0.2, 0.25) is 5.02 Å². The van der Waals surface area contributed by atoms with Crippen molar-refractivity contribution in [2.45, 2.75) is 6.43 Å². The van der Waals surface area contributed by atoms with Crippen LogP contribution in [0.25, 0.3) is 0 Å². The highest BCUT2D eigenvalue weighted by Crippen LogP contribution is 2.34. The van der Waals surface area contributed by atoms with Gasteiger partial charge in [-0.25, -0.2) is 13.8 Å². The first-order valence-corrected chi connectivity index (χ1v) is 4.42. The number of nitro groups is 1. The Morgan fingerprint density at radius 1 is 1.56 bits per heavy atom. The highest BCUT2D eigenvalue weighted by molar-refractivity contribution is 6.69. The molecule has 0 fully saturated rings. The van der Waals surface area contributed by atoms with E-state index in [0.29, 0.717) is 6.20 Å². The zero-order chi connectivity index (χ0) is 12.5. The molecule has 1 aromatic rings. The molecular formula is C7H2Cl2F2N2O3. The minimum Gasteiger partial charge on any atom is -0.275 e. The summed E-state index contributed by atoms with van der Waals surface area (Å²) >= 11 is 10.5. The number of carbonyl (C=O) groups excluding carboxylic acids is 1. The number of nitrogens with zero attached hydrogens (tertiary/aromatic N) is 2. The van der Waals surface area contributed by atoms with Crippen LogP contribution in [0.4, 0.5) is 14.5 Å². The number of halogens is 4. The Balaban J connectivity index is 3.63. The van der Waals surface area contributed by atoms with Gasteiger partial charge in [-0.05, 0) is 11.6 Å². The number of rotatable bonds is 3. The van der Waals surface area contributed by atoms with Gasteiger partial charge in [0, 0.05) is 6.20 Å². The van der Waals surface area contributed by atoms with Crippen molar-refractivity contribution in [3.63, 3.8) is 0 Å². The van der Waals surface area contributed by atoms with E-state index in [1.54, 1.807) is 0 Å². The molecule has 0 aliphatic rings. The van der Waals surface area contributed by atoms with Gasteiger partial charge in [-0.1, -0.05) is 11.6 Å². The van der Waals surface area contributed by atoms with Gasteiger partial charge in [0.15, 0.2) is 5.69 Å². The molecule has 1 aromatic heterocycles. The van der Waals surface area contributed by atoms with E-state index in [1.165, 1.54) is 0 Å². The van der Waals surface area contributed by atoms with Crippen molar-refractivity contribution in [1.82, 2.24) is 4.98 Å². The summed E-state index contributed by atoms with van der Waals surface area (Å²) in [5.74, 6) is 0. The molecule has 0 N–H and O–H groups in total. The second-order valence-corrected chi connectivity index (χ2v) is 3.30. The Bertz CT molecular complexity index is 467. The minimum atomic E-state index is -3.20. The predicted molar refractivity (Wildman–Crippen MR) is 51.0 cm³/mol. The Kier molecular flexibility index (Phi) is 3.71. The van der Waals surface area contributed by atoms with Gasteiger partial charge in [0.05, 0.1) is 9.95 Å². The maximum atomic E-state index is 12.4. The largest absolute Gasteiger partial charge is 0.310 e. The maximum Gasteiger partial charge on any atom is 0.310 e. The van der Waals surface area contributed by atoms with Crippen LogP contribution < -0.4 is 0 Å². The van der Waals surface area contributed by atoms with Crippen molar-refractivity contribution < 1.29 is 18.5 Å². The van der Waals surface area contributed by atoms with Crippen LogP contribution >= 0.6 is 23.2 Å². The van der Waals surface area contributed by atoms with E-state index in [4.69, 9.17) is 23.2 Å². The fourth-order valence-electron chi connectivity index (χ4n) is 1.02. The van der Waals surface area contributed by atoms with Gasteiger partial charge in [-0.3, -0.25) is 14.9 Å². The number of alkyl halides is 2. The lowest BCUT2D eigenvalue weighted by molar-refractivity contribution is -0.386. The quantitative estimate of drug-likeness (QED) is 0.481. The smallest absolute Gasteiger partial charge is 0.275 e. The van der Waals surface area contributed by atoms with E-state index in [0.717, 1.165) is 0 Å².